The number of rotatable bonds is 3. The van der Waals surface area contributed by atoms with E-state index in [1.165, 1.54) is 6.42 Å². The predicted octanol–water partition coefficient (Wildman–Crippen LogP) is 1.50. The molecule has 1 saturated heterocycles. The van der Waals surface area contributed by atoms with Crippen molar-refractivity contribution in [2.75, 3.05) is 6.54 Å². The van der Waals surface area contributed by atoms with Crippen LogP contribution >= 0.6 is 0 Å². The zero-order chi connectivity index (χ0) is 14.8. The first-order valence-electron chi connectivity index (χ1n) is 8.11. The number of hydrogen-bond acceptors (Lipinski definition) is 3. The van der Waals surface area contributed by atoms with E-state index in [1.54, 1.807) is 10.9 Å². The van der Waals surface area contributed by atoms with Crippen molar-refractivity contribution >= 4 is 5.91 Å². The van der Waals surface area contributed by atoms with E-state index < -0.39 is 0 Å². The Hall–Kier alpha value is -1.36. The van der Waals surface area contributed by atoms with E-state index in [-0.39, 0.29) is 24.0 Å². The fourth-order valence-electron chi connectivity index (χ4n) is 3.97. The summed E-state index contributed by atoms with van der Waals surface area (Å²) in [6.45, 7) is 0.838. The molecule has 1 aliphatic heterocycles. The van der Waals surface area contributed by atoms with Crippen LogP contribution in [0.3, 0.4) is 0 Å². The van der Waals surface area contributed by atoms with E-state index in [2.05, 4.69) is 5.10 Å². The van der Waals surface area contributed by atoms with E-state index in [1.807, 2.05) is 18.0 Å². The van der Waals surface area contributed by atoms with Gasteiger partial charge in [0.2, 0.25) is 5.91 Å². The summed E-state index contributed by atoms with van der Waals surface area (Å²) < 4.78 is 1.76. The number of aliphatic hydroxyl groups is 1. The first-order valence-corrected chi connectivity index (χ1v) is 8.11. The van der Waals surface area contributed by atoms with Gasteiger partial charge < -0.3 is 10.0 Å². The maximum absolute atomic E-state index is 12.6. The van der Waals surface area contributed by atoms with E-state index >= 15 is 0 Å². The molecule has 2 fully saturated rings. The lowest BCUT2D eigenvalue weighted by Gasteiger charge is -2.37. The molecule has 2 heterocycles. The molecule has 0 radical (unpaired) electrons. The molecular formula is C16H25N3O2. The van der Waals surface area contributed by atoms with Gasteiger partial charge in [0.15, 0.2) is 0 Å². The third-order valence-electron chi connectivity index (χ3n) is 5.15. The lowest BCUT2D eigenvalue weighted by atomic mass is 9.80. The van der Waals surface area contributed by atoms with Crippen LogP contribution < -0.4 is 0 Å². The quantitative estimate of drug-likeness (QED) is 0.918. The van der Waals surface area contributed by atoms with Gasteiger partial charge in [0.25, 0.3) is 0 Å². The number of amides is 1. The van der Waals surface area contributed by atoms with Crippen molar-refractivity contribution in [2.24, 2.45) is 13.0 Å². The van der Waals surface area contributed by atoms with Gasteiger partial charge >= 0.3 is 0 Å². The molecule has 5 nitrogen and oxygen atoms in total. The summed E-state index contributed by atoms with van der Waals surface area (Å²) in [4.78, 5) is 14.6. The van der Waals surface area contributed by atoms with Gasteiger partial charge in [-0.3, -0.25) is 9.48 Å². The zero-order valence-electron chi connectivity index (χ0n) is 12.7. The van der Waals surface area contributed by atoms with Crippen molar-refractivity contribution in [3.05, 3.63) is 18.0 Å². The van der Waals surface area contributed by atoms with Crippen LogP contribution in [0.25, 0.3) is 0 Å². The molecule has 0 aromatic carbocycles. The second-order valence-electron chi connectivity index (χ2n) is 6.44. The number of nitrogens with zero attached hydrogens (tertiary/aromatic N) is 3. The fourth-order valence-corrected chi connectivity index (χ4v) is 3.97. The van der Waals surface area contributed by atoms with Crippen LogP contribution in [-0.2, 0) is 18.3 Å². The minimum Gasteiger partial charge on any atom is -0.393 e. The van der Waals surface area contributed by atoms with Crippen LogP contribution in [0.15, 0.2) is 12.3 Å². The molecule has 0 spiro atoms. The minimum atomic E-state index is -0.228. The summed E-state index contributed by atoms with van der Waals surface area (Å²) in [6, 6.07) is 2.14. The van der Waals surface area contributed by atoms with Crippen molar-refractivity contribution in [1.82, 2.24) is 14.7 Å². The molecule has 1 aromatic heterocycles. The van der Waals surface area contributed by atoms with Gasteiger partial charge in [-0.15, -0.1) is 0 Å². The van der Waals surface area contributed by atoms with E-state index in [9.17, 15) is 9.90 Å². The Labute approximate surface area is 125 Å². The van der Waals surface area contributed by atoms with Gasteiger partial charge in [0.1, 0.15) is 0 Å². The molecule has 1 aromatic rings. The maximum atomic E-state index is 12.6. The molecule has 5 heteroatoms. The van der Waals surface area contributed by atoms with Crippen LogP contribution in [0.4, 0.5) is 0 Å². The van der Waals surface area contributed by atoms with E-state index in [0.717, 1.165) is 44.3 Å². The standard InChI is InChI=1S/C16H25N3O2/c1-18-12(8-9-17-18)11-16(21)19-10-4-6-14(19)13-5-2-3-7-15(13)20/h8-9,13-15,20H,2-7,10-11H2,1H3. The number of likely N-dealkylation sites (tertiary alicyclic amines) is 1. The highest BCUT2D eigenvalue weighted by atomic mass is 16.3. The van der Waals surface area contributed by atoms with Gasteiger partial charge in [-0.2, -0.15) is 5.10 Å². The van der Waals surface area contributed by atoms with Crippen LogP contribution in [-0.4, -0.2) is 44.4 Å². The number of aryl methyl sites for hydroxylation is 1. The Balaban J connectivity index is 1.68. The Kier molecular flexibility index (Phi) is 4.29. The summed E-state index contributed by atoms with van der Waals surface area (Å²) in [6.07, 6.45) is 8.27. The van der Waals surface area contributed by atoms with Crippen molar-refractivity contribution in [1.29, 1.82) is 0 Å². The van der Waals surface area contributed by atoms with Gasteiger partial charge in [-0.05, 0) is 31.7 Å². The second-order valence-corrected chi connectivity index (χ2v) is 6.44. The monoisotopic (exact) mass is 291 g/mol. The molecule has 1 saturated carbocycles. The van der Waals surface area contributed by atoms with Gasteiger partial charge in [0, 0.05) is 37.4 Å². The number of aromatic nitrogens is 2. The van der Waals surface area contributed by atoms with Crippen molar-refractivity contribution < 1.29 is 9.90 Å². The summed E-state index contributed by atoms with van der Waals surface area (Å²) in [7, 11) is 1.87. The van der Waals surface area contributed by atoms with Gasteiger partial charge in [0.05, 0.1) is 12.5 Å². The smallest absolute Gasteiger partial charge is 0.228 e. The average Bonchev–Trinajstić information content (AvgIpc) is 3.09. The zero-order valence-corrected chi connectivity index (χ0v) is 12.7. The number of aliphatic hydroxyl groups excluding tert-OH is 1. The molecule has 1 N–H and O–H groups in total. The molecule has 3 rings (SSSR count). The second kappa shape index (κ2) is 6.18. The molecular weight excluding hydrogens is 266 g/mol. The number of carbonyl (C=O) groups is 1. The van der Waals surface area contributed by atoms with Gasteiger partial charge in [-0.1, -0.05) is 12.8 Å². The Morgan fingerprint density at radius 2 is 2.14 bits per heavy atom. The largest absolute Gasteiger partial charge is 0.393 e. The molecule has 1 amide bonds. The lowest BCUT2D eigenvalue weighted by molar-refractivity contribution is -0.133. The normalized spacial score (nSPS) is 29.8. The third-order valence-corrected chi connectivity index (χ3v) is 5.15. The van der Waals surface area contributed by atoms with Gasteiger partial charge in [-0.25, -0.2) is 0 Å². The lowest BCUT2D eigenvalue weighted by Crippen LogP contribution is -2.45. The topological polar surface area (TPSA) is 58.4 Å². The third kappa shape index (κ3) is 2.98. The molecule has 21 heavy (non-hydrogen) atoms. The summed E-state index contributed by atoms with van der Waals surface area (Å²) >= 11 is 0. The molecule has 0 bridgehead atoms. The highest BCUT2D eigenvalue weighted by molar-refractivity contribution is 5.79. The molecule has 1 aliphatic carbocycles. The molecule has 116 valence electrons. The van der Waals surface area contributed by atoms with Crippen LogP contribution in [0, 0.1) is 5.92 Å². The van der Waals surface area contributed by atoms with Crippen molar-refractivity contribution in [3.8, 4) is 0 Å². The maximum Gasteiger partial charge on any atom is 0.228 e. The fraction of sp³-hybridized carbons (Fsp3) is 0.750. The molecule has 2 aliphatic rings. The SMILES string of the molecule is Cn1nccc1CC(=O)N1CCCC1C1CCCCC1O. The highest BCUT2D eigenvalue weighted by Gasteiger charge is 2.38. The summed E-state index contributed by atoms with van der Waals surface area (Å²) in [5.74, 6) is 0.454. The Bertz CT molecular complexity index is 499. The van der Waals surface area contributed by atoms with E-state index in [0.29, 0.717) is 6.42 Å². The summed E-state index contributed by atoms with van der Waals surface area (Å²) in [5, 5.41) is 14.4. The first-order chi connectivity index (χ1) is 10.2. The predicted molar refractivity (Wildman–Crippen MR) is 79.6 cm³/mol. The van der Waals surface area contributed by atoms with E-state index in [4.69, 9.17) is 0 Å². The number of hydrogen-bond donors (Lipinski definition) is 1. The Morgan fingerprint density at radius 1 is 1.33 bits per heavy atom. The minimum absolute atomic E-state index is 0.180. The van der Waals surface area contributed by atoms with Crippen LogP contribution in [0.1, 0.15) is 44.2 Å². The summed E-state index contributed by atoms with van der Waals surface area (Å²) in [5.41, 5.74) is 0.954. The average molecular weight is 291 g/mol. The first kappa shape index (κ1) is 14.6. The molecule has 3 atom stereocenters. The van der Waals surface area contributed by atoms with Crippen molar-refractivity contribution in [2.45, 2.75) is 57.1 Å². The molecule has 3 unspecified atom stereocenters. The van der Waals surface area contributed by atoms with Crippen LogP contribution in [0.5, 0.6) is 0 Å². The highest BCUT2D eigenvalue weighted by Crippen LogP contribution is 2.34. The van der Waals surface area contributed by atoms with Crippen molar-refractivity contribution in [3.63, 3.8) is 0 Å². The Morgan fingerprint density at radius 3 is 2.86 bits per heavy atom. The van der Waals surface area contributed by atoms with Crippen LogP contribution in [0.2, 0.25) is 0 Å². The number of carbonyl (C=O) groups excluding carboxylic acids is 1.